The first kappa shape index (κ1) is 13.8. The maximum absolute atomic E-state index is 12.4. The Morgan fingerprint density at radius 3 is 2.78 bits per heavy atom. The lowest BCUT2D eigenvalue weighted by Crippen LogP contribution is -2.46. The van der Waals surface area contributed by atoms with Crippen LogP contribution in [-0.2, 0) is 9.53 Å². The van der Waals surface area contributed by atoms with Gasteiger partial charge >= 0.3 is 0 Å². The molecule has 4 nitrogen and oxygen atoms in total. The lowest BCUT2D eigenvalue weighted by molar-refractivity contribution is -0.141. The third-order valence-electron chi connectivity index (χ3n) is 3.71. The average Bonchev–Trinajstić information content (AvgIpc) is 2.99. The van der Waals surface area contributed by atoms with Crippen molar-refractivity contribution in [1.29, 1.82) is 0 Å². The molecule has 2 heterocycles. The van der Waals surface area contributed by atoms with Crippen molar-refractivity contribution in [1.82, 2.24) is 10.2 Å². The molecule has 0 radical (unpaired) electrons. The Hall–Kier alpha value is -0.610. The Morgan fingerprint density at radius 2 is 2.22 bits per heavy atom. The zero-order valence-electron chi connectivity index (χ0n) is 11.7. The highest BCUT2D eigenvalue weighted by Gasteiger charge is 2.30. The van der Waals surface area contributed by atoms with Gasteiger partial charge in [0.05, 0.1) is 0 Å². The Morgan fingerprint density at radius 1 is 1.39 bits per heavy atom. The third kappa shape index (κ3) is 3.69. The molecular weight excluding hydrogens is 228 g/mol. The van der Waals surface area contributed by atoms with E-state index in [1.165, 1.54) is 12.8 Å². The molecule has 1 N–H and O–H groups in total. The fourth-order valence-corrected chi connectivity index (χ4v) is 2.85. The lowest BCUT2D eigenvalue weighted by Gasteiger charge is -2.29. The smallest absolute Gasteiger partial charge is 0.251 e. The van der Waals surface area contributed by atoms with Crippen molar-refractivity contribution in [2.75, 3.05) is 26.2 Å². The molecule has 4 heteroatoms. The number of carbonyl (C=O) groups is 1. The molecule has 2 rings (SSSR count). The van der Waals surface area contributed by atoms with Crippen LogP contribution in [0.4, 0.5) is 0 Å². The highest BCUT2D eigenvalue weighted by Crippen LogP contribution is 2.17. The zero-order valence-corrected chi connectivity index (χ0v) is 11.7. The minimum Gasteiger partial charge on any atom is -0.368 e. The molecular formula is C14H26N2O2. The summed E-state index contributed by atoms with van der Waals surface area (Å²) in [7, 11) is 0. The van der Waals surface area contributed by atoms with Gasteiger partial charge in [-0.3, -0.25) is 4.79 Å². The summed E-state index contributed by atoms with van der Waals surface area (Å²) < 4.78 is 5.53. The maximum Gasteiger partial charge on any atom is 0.251 e. The molecule has 1 amide bonds. The molecule has 2 aliphatic rings. The van der Waals surface area contributed by atoms with Crippen molar-refractivity contribution < 1.29 is 9.53 Å². The van der Waals surface area contributed by atoms with Crippen LogP contribution in [0.1, 0.15) is 39.5 Å². The topological polar surface area (TPSA) is 41.6 Å². The number of amides is 1. The Labute approximate surface area is 110 Å². The van der Waals surface area contributed by atoms with E-state index in [2.05, 4.69) is 19.2 Å². The van der Waals surface area contributed by atoms with Crippen molar-refractivity contribution >= 4 is 5.91 Å². The van der Waals surface area contributed by atoms with E-state index in [1.807, 2.05) is 4.90 Å². The second-order valence-electron chi connectivity index (χ2n) is 5.93. The first-order valence-corrected chi connectivity index (χ1v) is 7.30. The summed E-state index contributed by atoms with van der Waals surface area (Å²) in [5.41, 5.74) is 0. The molecule has 2 aliphatic heterocycles. The maximum atomic E-state index is 12.4. The summed E-state index contributed by atoms with van der Waals surface area (Å²) in [6.07, 6.45) is 4.16. The Balaban J connectivity index is 1.91. The number of nitrogens with zero attached hydrogens (tertiary/aromatic N) is 1. The predicted octanol–water partition coefficient (Wildman–Crippen LogP) is 1.40. The van der Waals surface area contributed by atoms with Gasteiger partial charge in [0.1, 0.15) is 6.10 Å². The summed E-state index contributed by atoms with van der Waals surface area (Å²) in [6.45, 7) is 7.85. The first-order valence-electron chi connectivity index (χ1n) is 7.30. The van der Waals surface area contributed by atoms with Crippen molar-refractivity contribution in [3.8, 4) is 0 Å². The number of ether oxygens (including phenoxy) is 1. The number of hydrogen-bond donors (Lipinski definition) is 1. The summed E-state index contributed by atoms with van der Waals surface area (Å²) in [5.74, 6) is 0.714. The molecule has 2 atom stereocenters. The lowest BCUT2D eigenvalue weighted by atomic mass is 10.1. The fraction of sp³-hybridized carbons (Fsp3) is 0.929. The molecule has 104 valence electrons. The van der Waals surface area contributed by atoms with E-state index in [1.54, 1.807) is 0 Å². The molecule has 1 unspecified atom stereocenters. The monoisotopic (exact) mass is 254 g/mol. The van der Waals surface area contributed by atoms with E-state index in [-0.39, 0.29) is 12.0 Å². The van der Waals surface area contributed by atoms with Crippen LogP contribution in [0.5, 0.6) is 0 Å². The molecule has 0 aromatic heterocycles. The van der Waals surface area contributed by atoms with Gasteiger partial charge in [-0.05, 0) is 38.1 Å². The summed E-state index contributed by atoms with van der Waals surface area (Å²) in [5, 5.41) is 3.47. The van der Waals surface area contributed by atoms with Crippen molar-refractivity contribution in [2.45, 2.75) is 51.7 Å². The van der Waals surface area contributed by atoms with Crippen LogP contribution in [0.3, 0.4) is 0 Å². The SMILES string of the molecule is CC(C)CN(CC1CCCN1)C(=O)[C@@H]1CCCO1. The van der Waals surface area contributed by atoms with Crippen LogP contribution in [0.15, 0.2) is 0 Å². The van der Waals surface area contributed by atoms with Crippen LogP contribution in [-0.4, -0.2) is 49.2 Å². The summed E-state index contributed by atoms with van der Waals surface area (Å²) >= 11 is 0. The minimum atomic E-state index is -0.176. The fourth-order valence-electron chi connectivity index (χ4n) is 2.85. The van der Waals surface area contributed by atoms with Gasteiger partial charge in [-0.1, -0.05) is 13.8 Å². The van der Waals surface area contributed by atoms with Crippen LogP contribution in [0.25, 0.3) is 0 Å². The van der Waals surface area contributed by atoms with Crippen molar-refractivity contribution in [3.05, 3.63) is 0 Å². The van der Waals surface area contributed by atoms with Gasteiger partial charge in [0.2, 0.25) is 0 Å². The van der Waals surface area contributed by atoms with E-state index >= 15 is 0 Å². The second kappa shape index (κ2) is 6.53. The van der Waals surface area contributed by atoms with E-state index < -0.39 is 0 Å². The van der Waals surface area contributed by atoms with Gasteiger partial charge in [0.25, 0.3) is 5.91 Å². The Kier molecular flexibility index (Phi) is 5.01. The van der Waals surface area contributed by atoms with Gasteiger partial charge in [-0.15, -0.1) is 0 Å². The number of rotatable bonds is 5. The second-order valence-corrected chi connectivity index (χ2v) is 5.93. The van der Waals surface area contributed by atoms with Gasteiger partial charge < -0.3 is 15.0 Å². The molecule has 0 spiro atoms. The largest absolute Gasteiger partial charge is 0.368 e. The molecule has 0 bridgehead atoms. The number of nitrogens with one attached hydrogen (secondary N) is 1. The van der Waals surface area contributed by atoms with E-state index in [4.69, 9.17) is 4.74 Å². The van der Waals surface area contributed by atoms with Crippen LogP contribution in [0, 0.1) is 5.92 Å². The van der Waals surface area contributed by atoms with Crippen LogP contribution >= 0.6 is 0 Å². The Bertz CT molecular complexity index is 269. The van der Waals surface area contributed by atoms with Crippen LogP contribution in [0.2, 0.25) is 0 Å². The zero-order chi connectivity index (χ0) is 13.0. The molecule has 0 aliphatic carbocycles. The van der Waals surface area contributed by atoms with Gasteiger partial charge in [0, 0.05) is 25.7 Å². The normalized spacial score (nSPS) is 27.9. The van der Waals surface area contributed by atoms with Gasteiger partial charge in [-0.25, -0.2) is 0 Å². The van der Waals surface area contributed by atoms with Gasteiger partial charge in [-0.2, -0.15) is 0 Å². The highest BCUT2D eigenvalue weighted by atomic mass is 16.5. The predicted molar refractivity (Wildman–Crippen MR) is 71.4 cm³/mol. The van der Waals surface area contributed by atoms with Crippen LogP contribution < -0.4 is 5.32 Å². The van der Waals surface area contributed by atoms with Gasteiger partial charge in [0.15, 0.2) is 0 Å². The van der Waals surface area contributed by atoms with Crippen molar-refractivity contribution in [3.63, 3.8) is 0 Å². The average molecular weight is 254 g/mol. The molecule has 18 heavy (non-hydrogen) atoms. The summed E-state index contributed by atoms with van der Waals surface area (Å²) in [6, 6.07) is 0.481. The molecule has 0 aromatic rings. The molecule has 2 saturated heterocycles. The van der Waals surface area contributed by atoms with E-state index in [0.29, 0.717) is 12.0 Å². The first-order chi connectivity index (χ1) is 8.66. The number of carbonyl (C=O) groups excluding carboxylic acids is 1. The van der Waals surface area contributed by atoms with E-state index in [0.717, 1.165) is 39.1 Å². The molecule has 2 fully saturated rings. The van der Waals surface area contributed by atoms with E-state index in [9.17, 15) is 4.79 Å². The number of hydrogen-bond acceptors (Lipinski definition) is 3. The van der Waals surface area contributed by atoms with Crippen molar-refractivity contribution in [2.24, 2.45) is 5.92 Å². The standard InChI is InChI=1S/C14H26N2O2/c1-11(2)9-16(10-12-5-3-7-15-12)14(17)13-6-4-8-18-13/h11-13,15H,3-10H2,1-2H3/t12?,13-/m0/s1. The third-order valence-corrected chi connectivity index (χ3v) is 3.71. The minimum absolute atomic E-state index is 0.176. The summed E-state index contributed by atoms with van der Waals surface area (Å²) in [4.78, 5) is 14.5. The highest BCUT2D eigenvalue weighted by molar-refractivity contribution is 5.81. The molecule has 0 aromatic carbocycles. The quantitative estimate of drug-likeness (QED) is 0.806. The molecule has 0 saturated carbocycles.